The lowest BCUT2D eigenvalue weighted by Gasteiger charge is -2.19. The minimum atomic E-state index is -0.659. The van der Waals surface area contributed by atoms with Crippen LogP contribution in [-0.2, 0) is 20.7 Å². The van der Waals surface area contributed by atoms with Gasteiger partial charge in [0.25, 0.3) is 0 Å². The van der Waals surface area contributed by atoms with Crippen LogP contribution in [0.2, 0.25) is 0 Å². The molecule has 0 bridgehead atoms. The van der Waals surface area contributed by atoms with Gasteiger partial charge in [0, 0.05) is 11.4 Å². The normalized spacial score (nSPS) is 10.7. The lowest BCUT2D eigenvalue weighted by Crippen LogP contribution is -2.37. The van der Waals surface area contributed by atoms with Gasteiger partial charge in [0.05, 0.1) is 13.0 Å². The molecule has 2 aromatic rings. The van der Waals surface area contributed by atoms with E-state index in [4.69, 9.17) is 9.47 Å². The Balaban J connectivity index is 1.78. The zero-order valence-electron chi connectivity index (χ0n) is 18.3. The van der Waals surface area contributed by atoms with Gasteiger partial charge in [-0.05, 0) is 69.7 Å². The van der Waals surface area contributed by atoms with Gasteiger partial charge in [-0.15, -0.1) is 0 Å². The highest BCUT2D eigenvalue weighted by atomic mass is 16.6. The van der Waals surface area contributed by atoms with Crippen molar-refractivity contribution < 1.29 is 23.9 Å². The van der Waals surface area contributed by atoms with E-state index in [1.807, 2.05) is 31.2 Å². The van der Waals surface area contributed by atoms with Crippen LogP contribution < -0.4 is 20.7 Å². The summed E-state index contributed by atoms with van der Waals surface area (Å²) < 4.78 is 10.5. The second kappa shape index (κ2) is 11.0. The highest BCUT2D eigenvalue weighted by Crippen LogP contribution is 2.16. The van der Waals surface area contributed by atoms with Crippen molar-refractivity contribution in [3.05, 3.63) is 54.1 Å². The molecule has 0 aromatic heterocycles. The molecule has 8 heteroatoms. The van der Waals surface area contributed by atoms with Gasteiger partial charge in [-0.2, -0.15) is 0 Å². The Morgan fingerprint density at radius 2 is 1.39 bits per heavy atom. The number of hydrogen-bond acceptors (Lipinski definition) is 5. The van der Waals surface area contributed by atoms with Gasteiger partial charge in [-0.1, -0.05) is 12.1 Å². The second-order valence-electron chi connectivity index (χ2n) is 7.78. The van der Waals surface area contributed by atoms with E-state index in [-0.39, 0.29) is 18.9 Å². The highest BCUT2D eigenvalue weighted by Gasteiger charge is 2.16. The van der Waals surface area contributed by atoms with Crippen LogP contribution in [0.15, 0.2) is 48.5 Å². The minimum absolute atomic E-state index is 0.150. The Morgan fingerprint density at radius 1 is 0.839 bits per heavy atom. The number of carbonyl (C=O) groups is 3. The standard InChI is InChI=1S/C23H29N3O5/c1-5-30-19-12-6-16(7-13-19)14-20(27)25-17-8-10-18(11-9-17)26-21(28)15-24-22(29)31-23(2,3)4/h6-13H,5,14-15H2,1-4H3,(H,24,29)(H,25,27)(H,26,28). The summed E-state index contributed by atoms with van der Waals surface area (Å²) in [4.78, 5) is 35.8. The summed E-state index contributed by atoms with van der Waals surface area (Å²) in [5.74, 6) is 0.228. The molecule has 2 rings (SSSR count). The van der Waals surface area contributed by atoms with E-state index in [0.717, 1.165) is 11.3 Å². The molecule has 0 atom stereocenters. The number of carbonyl (C=O) groups excluding carboxylic acids is 3. The zero-order valence-corrected chi connectivity index (χ0v) is 18.3. The number of alkyl carbamates (subject to hydrolysis) is 1. The smallest absolute Gasteiger partial charge is 0.408 e. The Morgan fingerprint density at radius 3 is 1.90 bits per heavy atom. The van der Waals surface area contributed by atoms with Crippen LogP contribution in [0.4, 0.5) is 16.2 Å². The largest absolute Gasteiger partial charge is 0.494 e. The minimum Gasteiger partial charge on any atom is -0.494 e. The Hall–Kier alpha value is -3.55. The van der Waals surface area contributed by atoms with Crippen molar-refractivity contribution in [1.29, 1.82) is 0 Å². The molecule has 31 heavy (non-hydrogen) atoms. The Kier molecular flexibility index (Phi) is 8.43. The molecule has 0 aliphatic rings. The molecule has 0 aliphatic carbocycles. The molecular formula is C23H29N3O5. The van der Waals surface area contributed by atoms with Crippen LogP contribution in [0.25, 0.3) is 0 Å². The van der Waals surface area contributed by atoms with E-state index in [1.165, 1.54) is 0 Å². The molecule has 0 spiro atoms. The van der Waals surface area contributed by atoms with Gasteiger partial charge < -0.3 is 25.4 Å². The molecule has 0 saturated heterocycles. The van der Waals surface area contributed by atoms with Gasteiger partial charge in [-0.25, -0.2) is 4.79 Å². The summed E-state index contributed by atoms with van der Waals surface area (Å²) in [6.45, 7) is 7.52. The van der Waals surface area contributed by atoms with E-state index in [2.05, 4.69) is 16.0 Å². The van der Waals surface area contributed by atoms with Crippen LogP contribution in [-0.4, -0.2) is 36.7 Å². The number of hydrogen-bond donors (Lipinski definition) is 3. The molecule has 0 saturated carbocycles. The third-order valence-corrected chi connectivity index (χ3v) is 3.84. The quantitative estimate of drug-likeness (QED) is 0.595. The predicted molar refractivity (Wildman–Crippen MR) is 119 cm³/mol. The number of nitrogens with one attached hydrogen (secondary N) is 3. The van der Waals surface area contributed by atoms with E-state index in [9.17, 15) is 14.4 Å². The highest BCUT2D eigenvalue weighted by molar-refractivity contribution is 5.95. The first-order valence-electron chi connectivity index (χ1n) is 10.0. The molecule has 0 radical (unpaired) electrons. The fraction of sp³-hybridized carbons (Fsp3) is 0.348. The summed E-state index contributed by atoms with van der Waals surface area (Å²) in [5, 5.41) is 7.87. The first kappa shape index (κ1) is 23.7. The number of ether oxygens (including phenoxy) is 2. The Bertz CT molecular complexity index is 887. The molecule has 2 aromatic carbocycles. The fourth-order valence-electron chi connectivity index (χ4n) is 2.57. The molecule has 166 valence electrons. The number of amides is 3. The molecule has 8 nitrogen and oxygen atoms in total. The van der Waals surface area contributed by atoms with Gasteiger partial charge >= 0.3 is 6.09 Å². The molecule has 0 aliphatic heterocycles. The van der Waals surface area contributed by atoms with E-state index < -0.39 is 17.6 Å². The molecule has 0 unspecified atom stereocenters. The van der Waals surface area contributed by atoms with E-state index >= 15 is 0 Å². The average molecular weight is 428 g/mol. The van der Waals surface area contributed by atoms with Crippen LogP contribution in [0.5, 0.6) is 5.75 Å². The molecule has 3 N–H and O–H groups in total. The lowest BCUT2D eigenvalue weighted by molar-refractivity contribution is -0.116. The molecule has 0 fully saturated rings. The summed E-state index contributed by atoms with van der Waals surface area (Å²) in [7, 11) is 0. The average Bonchev–Trinajstić information content (AvgIpc) is 2.68. The maximum atomic E-state index is 12.2. The summed E-state index contributed by atoms with van der Waals surface area (Å²) in [6.07, 6.45) is -0.422. The first-order valence-corrected chi connectivity index (χ1v) is 10.0. The van der Waals surface area contributed by atoms with Gasteiger partial charge in [0.2, 0.25) is 11.8 Å². The van der Waals surface area contributed by atoms with E-state index in [1.54, 1.807) is 45.0 Å². The fourth-order valence-corrected chi connectivity index (χ4v) is 2.57. The van der Waals surface area contributed by atoms with Gasteiger partial charge in [0.15, 0.2) is 0 Å². The zero-order chi connectivity index (χ0) is 22.9. The summed E-state index contributed by atoms with van der Waals surface area (Å²) >= 11 is 0. The van der Waals surface area contributed by atoms with Gasteiger partial charge in [-0.3, -0.25) is 9.59 Å². The molecular weight excluding hydrogens is 398 g/mol. The summed E-state index contributed by atoms with van der Waals surface area (Å²) in [6, 6.07) is 14.1. The Labute approximate surface area is 182 Å². The topological polar surface area (TPSA) is 106 Å². The van der Waals surface area contributed by atoms with Crippen molar-refractivity contribution in [3.63, 3.8) is 0 Å². The first-order chi connectivity index (χ1) is 14.6. The third-order valence-electron chi connectivity index (χ3n) is 3.84. The second-order valence-corrected chi connectivity index (χ2v) is 7.78. The maximum absolute atomic E-state index is 12.2. The van der Waals surface area contributed by atoms with Crippen molar-refractivity contribution in [2.24, 2.45) is 0 Å². The van der Waals surface area contributed by atoms with Crippen molar-refractivity contribution in [2.75, 3.05) is 23.8 Å². The van der Waals surface area contributed by atoms with E-state index in [0.29, 0.717) is 18.0 Å². The van der Waals surface area contributed by atoms with Crippen LogP contribution in [0.3, 0.4) is 0 Å². The van der Waals surface area contributed by atoms with Crippen LogP contribution in [0, 0.1) is 0 Å². The monoisotopic (exact) mass is 427 g/mol. The van der Waals surface area contributed by atoms with Crippen molar-refractivity contribution >= 4 is 29.3 Å². The predicted octanol–water partition coefficient (Wildman–Crippen LogP) is 3.73. The third kappa shape index (κ3) is 9.20. The number of rotatable bonds is 8. The maximum Gasteiger partial charge on any atom is 0.408 e. The van der Waals surface area contributed by atoms with Crippen LogP contribution in [0.1, 0.15) is 33.3 Å². The van der Waals surface area contributed by atoms with Crippen molar-refractivity contribution in [3.8, 4) is 5.75 Å². The number of anilines is 2. The van der Waals surface area contributed by atoms with Gasteiger partial charge in [0.1, 0.15) is 17.9 Å². The lowest BCUT2D eigenvalue weighted by atomic mass is 10.1. The van der Waals surface area contributed by atoms with Crippen molar-refractivity contribution in [1.82, 2.24) is 5.32 Å². The molecule has 3 amide bonds. The molecule has 0 heterocycles. The number of benzene rings is 2. The van der Waals surface area contributed by atoms with Crippen LogP contribution >= 0.6 is 0 Å². The van der Waals surface area contributed by atoms with Crippen molar-refractivity contribution in [2.45, 2.75) is 39.7 Å². The summed E-state index contributed by atoms with van der Waals surface area (Å²) in [5.41, 5.74) is 1.40. The SMILES string of the molecule is CCOc1ccc(CC(=O)Nc2ccc(NC(=O)CNC(=O)OC(C)(C)C)cc2)cc1.